The van der Waals surface area contributed by atoms with Crippen LogP contribution in [0.2, 0.25) is 0 Å². The van der Waals surface area contributed by atoms with Crippen molar-refractivity contribution in [3.8, 4) is 11.5 Å². The normalized spacial score (nSPS) is 23.4. The van der Waals surface area contributed by atoms with Gasteiger partial charge in [-0.25, -0.2) is 0 Å². The molecule has 1 amide bonds. The Morgan fingerprint density at radius 3 is 2.54 bits per heavy atom. The van der Waals surface area contributed by atoms with E-state index >= 15 is 0 Å². The Kier molecular flexibility index (Phi) is 11.8. The highest BCUT2D eigenvalue weighted by Gasteiger charge is 2.40. The summed E-state index contributed by atoms with van der Waals surface area (Å²) >= 11 is 0. The summed E-state index contributed by atoms with van der Waals surface area (Å²) in [5.74, 6) is 4.47. The molecule has 4 rings (SSSR count). The van der Waals surface area contributed by atoms with Gasteiger partial charge in [0.2, 0.25) is 5.91 Å². The first-order valence-corrected chi connectivity index (χ1v) is 15.4. The van der Waals surface area contributed by atoms with Crippen LogP contribution in [0.3, 0.4) is 0 Å². The van der Waals surface area contributed by atoms with E-state index in [0.29, 0.717) is 48.8 Å². The Morgan fingerprint density at radius 2 is 1.85 bits per heavy atom. The summed E-state index contributed by atoms with van der Waals surface area (Å²) in [4.78, 5) is 15.8. The zero-order valence-corrected chi connectivity index (χ0v) is 24.8. The van der Waals surface area contributed by atoms with E-state index in [9.17, 15) is 4.79 Å². The lowest BCUT2D eigenvalue weighted by Crippen LogP contribution is -2.44. The van der Waals surface area contributed by atoms with Gasteiger partial charge in [-0.2, -0.15) is 0 Å². The largest absolute Gasteiger partial charge is 0.493 e. The molecule has 1 aliphatic carbocycles. The van der Waals surface area contributed by atoms with Crippen LogP contribution < -0.4 is 14.8 Å². The summed E-state index contributed by atoms with van der Waals surface area (Å²) in [5, 5.41) is 3.68. The summed E-state index contributed by atoms with van der Waals surface area (Å²) < 4.78 is 22.3. The van der Waals surface area contributed by atoms with E-state index in [4.69, 9.17) is 18.9 Å². The minimum atomic E-state index is 0.154. The molecule has 0 aromatic heterocycles. The highest BCUT2D eigenvalue weighted by atomic mass is 16.5. The molecule has 39 heavy (non-hydrogen) atoms. The van der Waals surface area contributed by atoms with Crippen LogP contribution in [0, 0.1) is 29.6 Å². The summed E-state index contributed by atoms with van der Waals surface area (Å²) in [6.07, 6.45) is 8.34. The zero-order valence-electron chi connectivity index (χ0n) is 24.8. The van der Waals surface area contributed by atoms with Gasteiger partial charge in [-0.3, -0.25) is 4.79 Å². The lowest BCUT2D eigenvalue weighted by Gasteiger charge is -2.34. The molecule has 7 heteroatoms. The molecule has 3 fully saturated rings. The highest BCUT2D eigenvalue weighted by Crippen LogP contribution is 2.37. The molecule has 7 nitrogen and oxygen atoms in total. The third kappa shape index (κ3) is 8.58. The number of hydrogen-bond donors (Lipinski definition) is 1. The predicted octanol–water partition coefficient (Wildman–Crippen LogP) is 4.96. The van der Waals surface area contributed by atoms with E-state index in [0.717, 1.165) is 70.0 Å². The van der Waals surface area contributed by atoms with E-state index in [2.05, 4.69) is 36.2 Å². The van der Waals surface area contributed by atoms with Crippen molar-refractivity contribution in [2.45, 2.75) is 71.3 Å². The Hall–Kier alpha value is -1.83. The fraction of sp³-hybridized carbons (Fsp3) is 0.781. The molecule has 1 unspecified atom stereocenters. The number of ether oxygens (including phenoxy) is 4. The maximum atomic E-state index is 13.5. The average Bonchev–Trinajstić information content (AvgIpc) is 3.72. The molecule has 1 saturated carbocycles. The molecule has 0 bridgehead atoms. The first-order chi connectivity index (χ1) is 19.0. The van der Waals surface area contributed by atoms with Crippen molar-refractivity contribution in [1.82, 2.24) is 10.2 Å². The first kappa shape index (κ1) is 30.1. The van der Waals surface area contributed by atoms with Crippen LogP contribution in [0.15, 0.2) is 18.2 Å². The van der Waals surface area contributed by atoms with E-state index < -0.39 is 0 Å². The summed E-state index contributed by atoms with van der Waals surface area (Å²) in [6, 6.07) is 6.88. The van der Waals surface area contributed by atoms with E-state index in [1.165, 1.54) is 31.2 Å². The van der Waals surface area contributed by atoms with Crippen LogP contribution in [0.1, 0.15) is 64.4 Å². The highest BCUT2D eigenvalue weighted by molar-refractivity contribution is 5.79. The van der Waals surface area contributed by atoms with Crippen LogP contribution in [0.5, 0.6) is 11.5 Å². The Bertz CT molecular complexity index is 885. The van der Waals surface area contributed by atoms with Gasteiger partial charge in [0.25, 0.3) is 0 Å². The van der Waals surface area contributed by atoms with Crippen LogP contribution in [-0.2, 0) is 20.7 Å². The van der Waals surface area contributed by atoms with Gasteiger partial charge < -0.3 is 29.2 Å². The topological polar surface area (TPSA) is 69.3 Å². The van der Waals surface area contributed by atoms with E-state index in [-0.39, 0.29) is 5.92 Å². The van der Waals surface area contributed by atoms with Gasteiger partial charge >= 0.3 is 0 Å². The van der Waals surface area contributed by atoms with Gasteiger partial charge in [-0.1, -0.05) is 26.3 Å². The molecule has 1 N–H and O–H groups in total. The van der Waals surface area contributed by atoms with Crippen molar-refractivity contribution < 1.29 is 23.7 Å². The first-order valence-electron chi connectivity index (χ1n) is 15.4. The SMILES string of the molecule is CCC(C)[C@@H](Cc1ccc(OC)c(OCCCOC)c1)C[C@@H]1CNC[C@H]1CN(C(=O)C1CCOCC1)C1CC1. The standard InChI is InChI=1S/C32H52N2O5/c1-5-23(2)26(17-24-7-10-30(37-4)31(18-24)39-14-6-13-36-3)19-27-20-33-21-28(27)22-34(29-8-9-29)32(35)25-11-15-38-16-12-25/h7,10,18,23,25-29,33H,5-6,8-9,11-17,19-22H2,1-4H3/t23?,26-,27+,28-/m0/s1. The molecule has 2 aliphatic heterocycles. The third-order valence-corrected chi connectivity index (χ3v) is 9.28. The Morgan fingerprint density at radius 1 is 1.08 bits per heavy atom. The van der Waals surface area contributed by atoms with Gasteiger partial charge in [-0.05, 0) is 93.0 Å². The van der Waals surface area contributed by atoms with E-state index in [1.807, 2.05) is 6.07 Å². The van der Waals surface area contributed by atoms with Crippen molar-refractivity contribution in [3.05, 3.63) is 23.8 Å². The van der Waals surface area contributed by atoms with Crippen molar-refractivity contribution in [3.63, 3.8) is 0 Å². The number of rotatable bonds is 16. The Labute approximate surface area is 236 Å². The molecular weight excluding hydrogens is 492 g/mol. The second-order valence-corrected chi connectivity index (χ2v) is 12.1. The smallest absolute Gasteiger partial charge is 0.226 e. The van der Waals surface area contributed by atoms with Gasteiger partial charge in [0.05, 0.1) is 13.7 Å². The fourth-order valence-electron chi connectivity index (χ4n) is 6.40. The number of carbonyl (C=O) groups is 1. The molecule has 2 saturated heterocycles. The number of nitrogens with zero attached hydrogens (tertiary/aromatic N) is 1. The average molecular weight is 545 g/mol. The summed E-state index contributed by atoms with van der Waals surface area (Å²) in [6.45, 7) is 10.4. The number of benzene rings is 1. The number of methoxy groups -OCH3 is 2. The van der Waals surface area contributed by atoms with Crippen molar-refractivity contribution in [2.75, 3.05) is 60.3 Å². The van der Waals surface area contributed by atoms with E-state index in [1.54, 1.807) is 14.2 Å². The molecule has 3 aliphatic rings. The molecule has 4 atom stereocenters. The number of carbonyl (C=O) groups excluding carboxylic acids is 1. The molecular formula is C32H52N2O5. The second kappa shape index (κ2) is 15.2. The maximum absolute atomic E-state index is 13.5. The van der Waals surface area contributed by atoms with Crippen molar-refractivity contribution in [2.24, 2.45) is 29.6 Å². The molecule has 2 heterocycles. The molecule has 0 radical (unpaired) electrons. The van der Waals surface area contributed by atoms with Crippen LogP contribution in [0.4, 0.5) is 0 Å². The molecule has 1 aromatic carbocycles. The fourth-order valence-corrected chi connectivity index (χ4v) is 6.40. The van der Waals surface area contributed by atoms with Crippen LogP contribution in [-0.4, -0.2) is 77.1 Å². The van der Waals surface area contributed by atoms with Crippen molar-refractivity contribution >= 4 is 5.91 Å². The minimum Gasteiger partial charge on any atom is -0.493 e. The third-order valence-electron chi connectivity index (χ3n) is 9.28. The Balaban J connectivity index is 1.40. The molecule has 0 spiro atoms. The van der Waals surface area contributed by atoms with Gasteiger partial charge in [-0.15, -0.1) is 0 Å². The second-order valence-electron chi connectivity index (χ2n) is 12.1. The van der Waals surface area contributed by atoms with Gasteiger partial charge in [0, 0.05) is 51.9 Å². The lowest BCUT2D eigenvalue weighted by atomic mass is 9.77. The summed E-state index contributed by atoms with van der Waals surface area (Å²) in [7, 11) is 3.41. The quantitative estimate of drug-likeness (QED) is 0.297. The maximum Gasteiger partial charge on any atom is 0.226 e. The molecule has 220 valence electrons. The van der Waals surface area contributed by atoms with Crippen molar-refractivity contribution in [1.29, 1.82) is 0 Å². The molecule has 1 aromatic rings. The number of amides is 1. The predicted molar refractivity (Wildman–Crippen MR) is 154 cm³/mol. The van der Waals surface area contributed by atoms with Crippen LogP contribution >= 0.6 is 0 Å². The summed E-state index contributed by atoms with van der Waals surface area (Å²) in [5.41, 5.74) is 1.31. The number of nitrogens with one attached hydrogen (secondary N) is 1. The van der Waals surface area contributed by atoms with Gasteiger partial charge in [0.15, 0.2) is 11.5 Å². The van der Waals surface area contributed by atoms with Crippen LogP contribution in [0.25, 0.3) is 0 Å². The monoisotopic (exact) mass is 544 g/mol. The minimum absolute atomic E-state index is 0.154. The lowest BCUT2D eigenvalue weighted by molar-refractivity contribution is -0.140. The zero-order chi connectivity index (χ0) is 27.6. The van der Waals surface area contributed by atoms with Gasteiger partial charge in [0.1, 0.15) is 0 Å². The number of hydrogen-bond acceptors (Lipinski definition) is 6.